The molecule has 0 aromatic carbocycles. The molecule has 2 rings (SSSR count). The van der Waals surface area contributed by atoms with E-state index in [4.69, 9.17) is 0 Å². The van der Waals surface area contributed by atoms with E-state index in [1.54, 1.807) is 6.20 Å². The lowest BCUT2D eigenvalue weighted by Crippen LogP contribution is -2.41. The third-order valence-electron chi connectivity index (χ3n) is 3.42. The molecule has 0 saturated carbocycles. The molecule has 1 atom stereocenters. The molecule has 0 fully saturated rings. The van der Waals surface area contributed by atoms with Gasteiger partial charge < -0.3 is 10.6 Å². The van der Waals surface area contributed by atoms with Gasteiger partial charge in [-0.25, -0.2) is 4.79 Å². The van der Waals surface area contributed by atoms with Crippen molar-refractivity contribution in [3.05, 3.63) is 52.6 Å². The van der Waals surface area contributed by atoms with E-state index < -0.39 is 4.92 Å². The molecule has 24 heavy (non-hydrogen) atoms. The molecule has 0 spiro atoms. The van der Waals surface area contributed by atoms with Crippen LogP contribution in [0.25, 0.3) is 0 Å². The van der Waals surface area contributed by atoms with Gasteiger partial charge in [-0.2, -0.15) is 5.10 Å². The number of amides is 2. The van der Waals surface area contributed by atoms with Crippen molar-refractivity contribution in [2.24, 2.45) is 5.92 Å². The number of urea groups is 1. The summed E-state index contributed by atoms with van der Waals surface area (Å²) in [5, 5.41) is 20.1. The summed E-state index contributed by atoms with van der Waals surface area (Å²) >= 11 is 0. The summed E-state index contributed by atoms with van der Waals surface area (Å²) in [5.41, 5.74) is 0.722. The molecule has 9 heteroatoms. The number of carbonyl (C=O) groups is 1. The van der Waals surface area contributed by atoms with Gasteiger partial charge in [0, 0.05) is 12.7 Å². The maximum Gasteiger partial charge on any atom is 0.315 e. The van der Waals surface area contributed by atoms with Gasteiger partial charge in [-0.1, -0.05) is 19.9 Å². The topological polar surface area (TPSA) is 115 Å². The Balaban J connectivity index is 1.84. The first-order chi connectivity index (χ1) is 11.5. The van der Waals surface area contributed by atoms with Gasteiger partial charge in [0.25, 0.3) is 0 Å². The van der Waals surface area contributed by atoms with Gasteiger partial charge in [-0.05, 0) is 18.1 Å². The van der Waals surface area contributed by atoms with Gasteiger partial charge in [0.05, 0.1) is 23.2 Å². The molecular weight excluding hydrogens is 312 g/mol. The average Bonchev–Trinajstić information content (AvgIpc) is 3.02. The smallest absolute Gasteiger partial charge is 0.315 e. The maximum absolute atomic E-state index is 12.0. The highest BCUT2D eigenvalue weighted by Crippen LogP contribution is 2.18. The Kier molecular flexibility index (Phi) is 5.83. The highest BCUT2D eigenvalue weighted by atomic mass is 16.6. The van der Waals surface area contributed by atoms with Gasteiger partial charge in [-0.3, -0.25) is 19.8 Å². The zero-order valence-electron chi connectivity index (χ0n) is 13.5. The molecule has 2 aromatic rings. The lowest BCUT2D eigenvalue weighted by atomic mass is 10.0. The molecule has 2 amide bonds. The van der Waals surface area contributed by atoms with E-state index in [-0.39, 0.29) is 23.7 Å². The molecule has 2 heterocycles. The molecule has 0 unspecified atom stereocenters. The van der Waals surface area contributed by atoms with E-state index >= 15 is 0 Å². The fourth-order valence-electron chi connectivity index (χ4n) is 2.19. The normalized spacial score (nSPS) is 12.0. The molecule has 0 aliphatic rings. The van der Waals surface area contributed by atoms with Gasteiger partial charge in [0.2, 0.25) is 0 Å². The highest BCUT2D eigenvalue weighted by molar-refractivity contribution is 5.74. The van der Waals surface area contributed by atoms with Crippen LogP contribution in [0.1, 0.15) is 25.6 Å². The molecule has 2 N–H and O–H groups in total. The van der Waals surface area contributed by atoms with E-state index in [0.29, 0.717) is 13.1 Å². The van der Waals surface area contributed by atoms with Crippen LogP contribution < -0.4 is 10.6 Å². The van der Waals surface area contributed by atoms with Crippen LogP contribution in [-0.2, 0) is 6.54 Å². The maximum atomic E-state index is 12.0. The Morgan fingerprint density at radius 1 is 1.42 bits per heavy atom. The summed E-state index contributed by atoms with van der Waals surface area (Å²) in [6.07, 6.45) is 4.19. The van der Waals surface area contributed by atoms with Gasteiger partial charge >= 0.3 is 11.7 Å². The Labute approximate surface area is 139 Å². The molecular formula is C15H20N6O3. The van der Waals surface area contributed by atoms with Crippen molar-refractivity contribution in [1.29, 1.82) is 0 Å². The number of hydrogen-bond acceptors (Lipinski definition) is 5. The van der Waals surface area contributed by atoms with E-state index in [9.17, 15) is 14.9 Å². The Bertz CT molecular complexity index is 686. The molecule has 0 aliphatic heterocycles. The molecule has 2 aromatic heterocycles. The van der Waals surface area contributed by atoms with Crippen molar-refractivity contribution in [3.63, 3.8) is 0 Å². The second kappa shape index (κ2) is 8.04. The Hall–Kier alpha value is -2.97. The number of pyridine rings is 1. The predicted molar refractivity (Wildman–Crippen MR) is 87.2 cm³/mol. The number of carbonyl (C=O) groups excluding carboxylic acids is 1. The van der Waals surface area contributed by atoms with Crippen molar-refractivity contribution in [3.8, 4) is 0 Å². The molecule has 0 radical (unpaired) electrons. The quantitative estimate of drug-likeness (QED) is 0.593. The summed E-state index contributed by atoms with van der Waals surface area (Å²) in [6, 6.07) is 5.05. The zero-order chi connectivity index (χ0) is 17.5. The second-order valence-electron chi connectivity index (χ2n) is 5.60. The van der Waals surface area contributed by atoms with Crippen molar-refractivity contribution in [2.75, 3.05) is 6.54 Å². The van der Waals surface area contributed by atoms with E-state index in [1.807, 2.05) is 32.0 Å². The SMILES string of the molecule is CC(C)[C@@H](NC(=O)NCCn1cc([N+](=O)[O-])cn1)c1ccccn1. The number of nitrogens with zero attached hydrogens (tertiary/aromatic N) is 4. The number of hydrogen-bond donors (Lipinski definition) is 2. The van der Waals surface area contributed by atoms with Crippen LogP contribution in [0.5, 0.6) is 0 Å². The van der Waals surface area contributed by atoms with Crippen LogP contribution in [0, 0.1) is 16.0 Å². The van der Waals surface area contributed by atoms with E-state index in [1.165, 1.54) is 17.1 Å². The molecule has 0 aliphatic carbocycles. The largest absolute Gasteiger partial charge is 0.336 e. The minimum atomic E-state index is -0.510. The number of nitrogens with one attached hydrogen (secondary N) is 2. The zero-order valence-corrected chi connectivity index (χ0v) is 13.5. The van der Waals surface area contributed by atoms with E-state index in [0.717, 1.165) is 5.69 Å². The summed E-state index contributed by atoms with van der Waals surface area (Å²) in [5.74, 6) is 0.180. The van der Waals surface area contributed by atoms with Gasteiger partial charge in [0.15, 0.2) is 0 Å². The summed E-state index contributed by atoms with van der Waals surface area (Å²) in [6.45, 7) is 4.65. The predicted octanol–water partition coefficient (Wildman–Crippen LogP) is 1.88. The summed E-state index contributed by atoms with van der Waals surface area (Å²) in [7, 11) is 0. The van der Waals surface area contributed by atoms with Crippen LogP contribution >= 0.6 is 0 Å². The number of nitro groups is 1. The molecule has 128 valence electrons. The van der Waals surface area contributed by atoms with Crippen molar-refractivity contribution in [2.45, 2.75) is 26.4 Å². The summed E-state index contributed by atoms with van der Waals surface area (Å²) < 4.78 is 1.41. The first-order valence-electron chi connectivity index (χ1n) is 7.59. The minimum absolute atomic E-state index is 0.0746. The highest BCUT2D eigenvalue weighted by Gasteiger charge is 2.19. The van der Waals surface area contributed by atoms with Crippen LogP contribution in [0.15, 0.2) is 36.8 Å². The van der Waals surface area contributed by atoms with Crippen LogP contribution in [0.3, 0.4) is 0 Å². The number of rotatable bonds is 7. The third kappa shape index (κ3) is 4.77. The fraction of sp³-hybridized carbons (Fsp3) is 0.400. The Morgan fingerprint density at radius 3 is 2.79 bits per heavy atom. The summed E-state index contributed by atoms with van der Waals surface area (Å²) in [4.78, 5) is 26.4. The fourth-order valence-corrected chi connectivity index (χ4v) is 2.19. The lowest BCUT2D eigenvalue weighted by molar-refractivity contribution is -0.385. The molecule has 0 saturated heterocycles. The number of aromatic nitrogens is 3. The van der Waals surface area contributed by atoms with Gasteiger partial charge in [-0.15, -0.1) is 0 Å². The molecule has 9 nitrogen and oxygen atoms in total. The monoisotopic (exact) mass is 332 g/mol. The van der Waals surface area contributed by atoms with E-state index in [2.05, 4.69) is 20.7 Å². The van der Waals surface area contributed by atoms with Crippen molar-refractivity contribution < 1.29 is 9.72 Å². The van der Waals surface area contributed by atoms with Crippen LogP contribution in [0.4, 0.5) is 10.5 Å². The standard InChI is InChI=1S/C15H20N6O3/c1-11(2)14(13-5-3-4-6-16-13)19-15(22)17-7-8-20-10-12(9-18-20)21(23)24/h3-6,9-11,14H,7-8H2,1-2H3,(H2,17,19,22)/t14-/m1/s1. The minimum Gasteiger partial charge on any atom is -0.336 e. The average molecular weight is 332 g/mol. The Morgan fingerprint density at radius 2 is 2.21 bits per heavy atom. The van der Waals surface area contributed by atoms with Crippen molar-refractivity contribution in [1.82, 2.24) is 25.4 Å². The van der Waals surface area contributed by atoms with Crippen LogP contribution in [-0.4, -0.2) is 32.3 Å². The van der Waals surface area contributed by atoms with Crippen LogP contribution in [0.2, 0.25) is 0 Å². The second-order valence-corrected chi connectivity index (χ2v) is 5.60. The first kappa shape index (κ1) is 17.4. The van der Waals surface area contributed by atoms with Gasteiger partial charge in [0.1, 0.15) is 12.4 Å². The third-order valence-corrected chi connectivity index (χ3v) is 3.42. The molecule has 0 bridgehead atoms. The first-order valence-corrected chi connectivity index (χ1v) is 7.59. The lowest BCUT2D eigenvalue weighted by Gasteiger charge is -2.22. The van der Waals surface area contributed by atoms with Crippen molar-refractivity contribution >= 4 is 11.7 Å².